The van der Waals surface area contributed by atoms with Crippen LogP contribution in [0.1, 0.15) is 37.7 Å². The number of H-pyrrole nitrogens is 1. The van der Waals surface area contributed by atoms with Gasteiger partial charge in [-0.15, -0.1) is 0 Å². The van der Waals surface area contributed by atoms with Crippen molar-refractivity contribution in [2.24, 2.45) is 5.92 Å². The maximum atomic E-state index is 14.9. The van der Waals surface area contributed by atoms with Crippen LogP contribution in [-0.2, 0) is 16.8 Å². The van der Waals surface area contributed by atoms with Crippen molar-refractivity contribution < 1.29 is 18.3 Å². The Morgan fingerprint density at radius 3 is 2.23 bits per heavy atom. The molecule has 1 unspecified atom stereocenters. The summed E-state index contributed by atoms with van der Waals surface area (Å²) < 4.78 is 44.1. The zero-order valence-corrected chi connectivity index (χ0v) is 26.9. The van der Waals surface area contributed by atoms with Gasteiger partial charge in [0.05, 0.1) is 24.9 Å². The van der Waals surface area contributed by atoms with Crippen LogP contribution in [0.2, 0.25) is 0 Å². The van der Waals surface area contributed by atoms with Crippen LogP contribution >= 0.6 is 0 Å². The summed E-state index contributed by atoms with van der Waals surface area (Å²) in [6, 6.07) is 19.7. The van der Waals surface area contributed by atoms with Gasteiger partial charge >= 0.3 is 5.69 Å². The Morgan fingerprint density at radius 2 is 1.62 bits per heavy atom. The molecule has 5 aromatic rings. The number of rotatable bonds is 10. The van der Waals surface area contributed by atoms with Crippen LogP contribution in [0.3, 0.4) is 0 Å². The zero-order valence-electron chi connectivity index (χ0n) is 26.9. The molecule has 0 radical (unpaired) electrons. The largest absolute Gasteiger partial charge is 0.493 e. The summed E-state index contributed by atoms with van der Waals surface area (Å²) in [7, 11) is 0. The van der Waals surface area contributed by atoms with E-state index in [1.165, 1.54) is 23.1 Å². The molecule has 0 amide bonds. The fourth-order valence-corrected chi connectivity index (χ4v) is 6.68. The van der Waals surface area contributed by atoms with Crippen LogP contribution in [0.4, 0.5) is 20.2 Å². The average molecular weight is 657 g/mol. The standard InChI is InChI=1S/C35H38F2N8O3/c1-24(2)45-34(46)44(23-40-45)29-6-4-27(5-7-29)42-13-15-43(16-14-42)28-8-10-30(11-9-28)47-20-25-18-35(48-21-25,19-33-38-22-39-41-33)31-12-3-26(36)17-32(31)37/h3-12,17,22-25H,13-16,18-21H2,1-2H3,(H,38,39,41)/t25-,35?/m1/s1. The van der Waals surface area contributed by atoms with Gasteiger partial charge in [-0.1, -0.05) is 6.07 Å². The molecule has 0 saturated carbocycles. The van der Waals surface area contributed by atoms with E-state index in [-0.39, 0.29) is 24.1 Å². The predicted octanol–water partition coefficient (Wildman–Crippen LogP) is 4.89. The minimum atomic E-state index is -1.00. The molecule has 0 aliphatic carbocycles. The Bertz CT molecular complexity index is 1880. The van der Waals surface area contributed by atoms with E-state index in [4.69, 9.17) is 9.47 Å². The first-order valence-corrected chi connectivity index (χ1v) is 16.2. The molecular weight excluding hydrogens is 618 g/mol. The Kier molecular flexibility index (Phi) is 8.69. The predicted molar refractivity (Wildman–Crippen MR) is 177 cm³/mol. The van der Waals surface area contributed by atoms with E-state index < -0.39 is 17.2 Å². The lowest BCUT2D eigenvalue weighted by atomic mass is 9.84. The third kappa shape index (κ3) is 6.42. The van der Waals surface area contributed by atoms with Gasteiger partial charge in [-0.2, -0.15) is 10.2 Å². The molecule has 0 spiro atoms. The first-order valence-electron chi connectivity index (χ1n) is 16.2. The fraction of sp³-hybridized carbons (Fsp3) is 0.371. The van der Waals surface area contributed by atoms with Gasteiger partial charge < -0.3 is 19.3 Å². The zero-order chi connectivity index (χ0) is 33.3. The lowest BCUT2D eigenvalue weighted by molar-refractivity contribution is -0.00524. The number of hydrogen-bond acceptors (Lipinski definition) is 8. The first kappa shape index (κ1) is 31.6. The van der Waals surface area contributed by atoms with E-state index in [1.54, 1.807) is 10.9 Å². The topological polar surface area (TPSA) is 106 Å². The molecule has 0 bridgehead atoms. The van der Waals surface area contributed by atoms with Crippen molar-refractivity contribution in [2.75, 3.05) is 49.2 Å². The maximum absolute atomic E-state index is 14.9. The molecule has 4 heterocycles. The average Bonchev–Trinajstić information content (AvgIpc) is 3.85. The van der Waals surface area contributed by atoms with Crippen molar-refractivity contribution in [1.29, 1.82) is 0 Å². The van der Waals surface area contributed by atoms with Crippen LogP contribution in [0, 0.1) is 17.6 Å². The molecule has 2 aromatic heterocycles. The highest BCUT2D eigenvalue weighted by Gasteiger charge is 2.44. The number of anilines is 2. The Labute approximate surface area is 276 Å². The second-order valence-electron chi connectivity index (χ2n) is 12.7. The van der Waals surface area contributed by atoms with Gasteiger partial charge in [0.1, 0.15) is 41.5 Å². The number of nitrogens with zero attached hydrogens (tertiary/aromatic N) is 7. The van der Waals surface area contributed by atoms with Crippen molar-refractivity contribution in [3.8, 4) is 11.4 Å². The molecule has 2 aliphatic heterocycles. The molecule has 3 aromatic carbocycles. The van der Waals surface area contributed by atoms with Gasteiger partial charge in [0, 0.05) is 61.5 Å². The van der Waals surface area contributed by atoms with Crippen molar-refractivity contribution >= 4 is 11.4 Å². The summed E-state index contributed by atoms with van der Waals surface area (Å²) in [5, 5.41) is 11.0. The molecule has 48 heavy (non-hydrogen) atoms. The molecule has 2 fully saturated rings. The SMILES string of the molecule is CC(C)n1ncn(-c2ccc(N3CCN(c4ccc(OC[C@@H]5COC(Cc6ncn[nH]6)(c6ccc(F)cc6F)C5)cc4)CC3)cc2)c1=O. The minimum absolute atomic E-state index is 0.00195. The second kappa shape index (κ2) is 13.2. The van der Waals surface area contributed by atoms with E-state index in [0.29, 0.717) is 31.0 Å². The number of aromatic nitrogens is 6. The van der Waals surface area contributed by atoms with Gasteiger partial charge in [-0.3, -0.25) is 5.10 Å². The van der Waals surface area contributed by atoms with Crippen LogP contribution in [0.15, 0.2) is 84.2 Å². The Morgan fingerprint density at radius 1 is 0.958 bits per heavy atom. The molecule has 7 rings (SSSR count). The second-order valence-corrected chi connectivity index (χ2v) is 12.7. The summed E-state index contributed by atoms with van der Waals surface area (Å²) in [4.78, 5) is 21.5. The number of hydrogen-bond donors (Lipinski definition) is 1. The third-order valence-corrected chi connectivity index (χ3v) is 9.20. The van der Waals surface area contributed by atoms with Crippen molar-refractivity contribution in [1.82, 2.24) is 29.5 Å². The highest BCUT2D eigenvalue weighted by molar-refractivity contribution is 5.54. The van der Waals surface area contributed by atoms with Gasteiger partial charge in [0.25, 0.3) is 0 Å². The smallest absolute Gasteiger partial charge is 0.350 e. The van der Waals surface area contributed by atoms with Crippen LogP contribution in [0.25, 0.3) is 5.69 Å². The first-order chi connectivity index (χ1) is 23.3. The maximum Gasteiger partial charge on any atom is 0.350 e. The summed E-state index contributed by atoms with van der Waals surface area (Å²) in [5.74, 6) is 0.0355. The number of nitrogens with one attached hydrogen (secondary N) is 1. The van der Waals surface area contributed by atoms with E-state index >= 15 is 0 Å². The number of ether oxygens (including phenoxy) is 2. The van der Waals surface area contributed by atoms with E-state index in [1.807, 2.05) is 38.1 Å². The van der Waals surface area contributed by atoms with Crippen LogP contribution in [-0.4, -0.2) is 68.9 Å². The Balaban J connectivity index is 0.929. The number of piperazine rings is 1. The lowest BCUT2D eigenvalue weighted by Crippen LogP contribution is -2.46. The normalized spacial score (nSPS) is 19.7. The van der Waals surface area contributed by atoms with E-state index in [9.17, 15) is 13.6 Å². The van der Waals surface area contributed by atoms with Crippen molar-refractivity contribution in [3.05, 3.63) is 113 Å². The number of halogens is 2. The highest BCUT2D eigenvalue weighted by atomic mass is 19.1. The van der Waals surface area contributed by atoms with Crippen molar-refractivity contribution in [2.45, 2.75) is 38.3 Å². The molecule has 1 N–H and O–H groups in total. The molecule has 250 valence electrons. The van der Waals surface area contributed by atoms with E-state index in [2.05, 4.69) is 54.3 Å². The number of aromatic amines is 1. The molecule has 13 heteroatoms. The lowest BCUT2D eigenvalue weighted by Gasteiger charge is -2.37. The van der Waals surface area contributed by atoms with Crippen molar-refractivity contribution in [3.63, 3.8) is 0 Å². The fourth-order valence-electron chi connectivity index (χ4n) is 6.68. The number of benzene rings is 3. The highest BCUT2D eigenvalue weighted by Crippen LogP contribution is 2.43. The van der Waals surface area contributed by atoms with Gasteiger partial charge in [-0.05, 0) is 74.9 Å². The summed E-state index contributed by atoms with van der Waals surface area (Å²) in [5.41, 5.74) is 2.20. The molecule has 2 saturated heterocycles. The molecule has 2 atom stereocenters. The molecular formula is C35H38F2N8O3. The van der Waals surface area contributed by atoms with Crippen LogP contribution in [0.5, 0.6) is 5.75 Å². The monoisotopic (exact) mass is 656 g/mol. The molecule has 11 nitrogen and oxygen atoms in total. The van der Waals surface area contributed by atoms with Gasteiger partial charge in [-0.25, -0.2) is 27.8 Å². The minimum Gasteiger partial charge on any atom is -0.493 e. The Hall–Kier alpha value is -5.04. The molecule has 2 aliphatic rings. The van der Waals surface area contributed by atoms with Crippen LogP contribution < -0.4 is 20.2 Å². The third-order valence-electron chi connectivity index (χ3n) is 9.20. The summed E-state index contributed by atoms with van der Waals surface area (Å²) in [6.45, 7) is 8.12. The van der Waals surface area contributed by atoms with Gasteiger partial charge in [0.2, 0.25) is 0 Å². The quantitative estimate of drug-likeness (QED) is 0.227. The summed E-state index contributed by atoms with van der Waals surface area (Å²) in [6.07, 6.45) is 3.74. The summed E-state index contributed by atoms with van der Waals surface area (Å²) >= 11 is 0. The van der Waals surface area contributed by atoms with E-state index in [0.717, 1.165) is 55.1 Å². The van der Waals surface area contributed by atoms with Gasteiger partial charge in [0.15, 0.2) is 0 Å².